The maximum Gasteiger partial charge on any atom is 0.267 e. The van der Waals surface area contributed by atoms with E-state index in [0.29, 0.717) is 17.8 Å². The van der Waals surface area contributed by atoms with Crippen LogP contribution in [0.25, 0.3) is 17.0 Å². The fourth-order valence-corrected chi connectivity index (χ4v) is 2.31. The van der Waals surface area contributed by atoms with Gasteiger partial charge in [-0.15, -0.1) is 0 Å². The van der Waals surface area contributed by atoms with Crippen molar-refractivity contribution in [2.75, 3.05) is 0 Å². The van der Waals surface area contributed by atoms with E-state index in [1.165, 1.54) is 22.9 Å². The van der Waals surface area contributed by atoms with Gasteiger partial charge in [-0.25, -0.2) is 4.68 Å². The summed E-state index contributed by atoms with van der Waals surface area (Å²) in [6.07, 6.45) is 9.73. The highest BCUT2D eigenvalue weighted by Crippen LogP contribution is 2.22. The minimum Gasteiger partial charge on any atom is -0.364 e. The van der Waals surface area contributed by atoms with Crippen LogP contribution in [-0.2, 0) is 0 Å². The second-order valence-corrected chi connectivity index (χ2v) is 5.02. The highest BCUT2D eigenvalue weighted by molar-refractivity contribution is 5.93. The van der Waals surface area contributed by atoms with Crippen LogP contribution in [0.4, 0.5) is 0 Å². The molecular weight excluding hydrogens is 310 g/mol. The molecule has 1 amide bonds. The lowest BCUT2D eigenvalue weighted by atomic mass is 10.2. The molecule has 0 atom stereocenters. The van der Waals surface area contributed by atoms with Crippen molar-refractivity contribution in [2.45, 2.75) is 6.42 Å². The molecule has 0 bridgehead atoms. The predicted octanol–water partition coefficient (Wildman–Crippen LogP) is 2.01. The highest BCUT2D eigenvalue weighted by Gasteiger charge is 2.17. The van der Waals surface area contributed by atoms with E-state index in [0.717, 1.165) is 5.56 Å². The molecule has 2 heterocycles. The van der Waals surface area contributed by atoms with Crippen LogP contribution in [0.1, 0.15) is 16.9 Å². The van der Waals surface area contributed by atoms with Gasteiger partial charge in [-0.1, -0.05) is 6.08 Å². The number of nitrogens with zero attached hydrogens (tertiary/aromatic N) is 4. The normalized spacial score (nSPS) is 13.8. The minimum absolute atomic E-state index is 0.0125. The Bertz CT molecular complexity index is 894. The molecular formula is C16H13N5O3. The van der Waals surface area contributed by atoms with Gasteiger partial charge in [0.15, 0.2) is 0 Å². The number of primary amides is 1. The summed E-state index contributed by atoms with van der Waals surface area (Å²) in [4.78, 5) is 26.2. The van der Waals surface area contributed by atoms with E-state index >= 15 is 0 Å². The van der Waals surface area contributed by atoms with Gasteiger partial charge in [-0.05, 0) is 36.8 Å². The van der Waals surface area contributed by atoms with Gasteiger partial charge in [0, 0.05) is 24.0 Å². The van der Waals surface area contributed by atoms with Crippen molar-refractivity contribution in [1.82, 2.24) is 14.8 Å². The van der Waals surface area contributed by atoms with Gasteiger partial charge in [0.05, 0.1) is 16.3 Å². The van der Waals surface area contributed by atoms with Crippen molar-refractivity contribution in [3.8, 4) is 11.3 Å². The Kier molecular flexibility index (Phi) is 4.02. The maximum absolute atomic E-state index is 11.7. The number of carbonyl (C=O) groups is 1. The third-order valence-corrected chi connectivity index (χ3v) is 3.45. The zero-order valence-corrected chi connectivity index (χ0v) is 12.5. The fraction of sp³-hybridized carbons (Fsp3) is 0.0625. The number of carbonyl (C=O) groups excluding carboxylic acids is 1. The molecule has 0 aliphatic heterocycles. The van der Waals surface area contributed by atoms with Crippen molar-refractivity contribution in [3.63, 3.8) is 0 Å². The molecule has 0 saturated heterocycles. The Hall–Kier alpha value is -3.55. The predicted molar refractivity (Wildman–Crippen MR) is 87.1 cm³/mol. The zero-order valence-electron chi connectivity index (χ0n) is 12.5. The van der Waals surface area contributed by atoms with Gasteiger partial charge >= 0.3 is 0 Å². The smallest absolute Gasteiger partial charge is 0.267 e. The lowest BCUT2D eigenvalue weighted by Crippen LogP contribution is -2.16. The van der Waals surface area contributed by atoms with Gasteiger partial charge in [-0.3, -0.25) is 19.9 Å². The van der Waals surface area contributed by atoms with E-state index < -0.39 is 10.8 Å². The van der Waals surface area contributed by atoms with E-state index in [4.69, 9.17) is 5.73 Å². The topological polar surface area (TPSA) is 117 Å². The number of rotatable bonds is 4. The molecule has 24 heavy (non-hydrogen) atoms. The molecule has 2 aromatic heterocycles. The highest BCUT2D eigenvalue weighted by atomic mass is 16.6. The molecule has 3 rings (SSSR count). The van der Waals surface area contributed by atoms with Crippen molar-refractivity contribution < 1.29 is 9.72 Å². The van der Waals surface area contributed by atoms with Crippen molar-refractivity contribution >= 4 is 11.6 Å². The molecule has 8 nitrogen and oxygen atoms in total. The van der Waals surface area contributed by atoms with Crippen molar-refractivity contribution in [2.24, 2.45) is 5.73 Å². The lowest BCUT2D eigenvalue weighted by Gasteiger charge is -2.05. The summed E-state index contributed by atoms with van der Waals surface area (Å²) >= 11 is 0. The SMILES string of the molecule is NC(=O)c1cc(-c2cccnc2)nn1C1=CCC=C([N+](=O)[O-])C=C1. The number of amides is 1. The average Bonchev–Trinajstić information content (AvgIpc) is 2.87. The Morgan fingerprint density at radius 1 is 1.33 bits per heavy atom. The molecule has 2 N–H and O–H groups in total. The second-order valence-electron chi connectivity index (χ2n) is 5.02. The van der Waals surface area contributed by atoms with E-state index in [-0.39, 0.29) is 11.4 Å². The number of pyridine rings is 1. The summed E-state index contributed by atoms with van der Waals surface area (Å²) in [6.45, 7) is 0. The van der Waals surface area contributed by atoms with Gasteiger partial charge in [-0.2, -0.15) is 5.10 Å². The van der Waals surface area contributed by atoms with Crippen LogP contribution in [0.3, 0.4) is 0 Å². The summed E-state index contributed by atoms with van der Waals surface area (Å²) in [6, 6.07) is 5.14. The molecule has 1 aliphatic carbocycles. The van der Waals surface area contributed by atoms with Gasteiger partial charge in [0.25, 0.3) is 11.6 Å². The summed E-state index contributed by atoms with van der Waals surface area (Å²) in [5.41, 5.74) is 7.43. The lowest BCUT2D eigenvalue weighted by molar-refractivity contribution is -0.419. The quantitative estimate of drug-likeness (QED) is 0.682. The Balaban J connectivity index is 2.04. The van der Waals surface area contributed by atoms with Crippen LogP contribution >= 0.6 is 0 Å². The molecule has 2 aromatic rings. The summed E-state index contributed by atoms with van der Waals surface area (Å²) in [7, 11) is 0. The molecule has 120 valence electrons. The van der Waals surface area contributed by atoms with Crippen molar-refractivity contribution in [3.05, 3.63) is 76.4 Å². The third-order valence-electron chi connectivity index (χ3n) is 3.45. The number of nitro groups is 1. The molecule has 0 spiro atoms. The van der Waals surface area contributed by atoms with Crippen LogP contribution in [0.15, 0.2) is 60.6 Å². The third kappa shape index (κ3) is 2.98. The van der Waals surface area contributed by atoms with Gasteiger partial charge in [0.2, 0.25) is 0 Å². The minimum atomic E-state index is -0.640. The number of hydrogen-bond acceptors (Lipinski definition) is 5. The van der Waals surface area contributed by atoms with Crippen LogP contribution in [0, 0.1) is 10.1 Å². The van der Waals surface area contributed by atoms with Crippen LogP contribution < -0.4 is 5.73 Å². The number of nitrogens with two attached hydrogens (primary N) is 1. The Morgan fingerprint density at radius 3 is 2.83 bits per heavy atom. The zero-order chi connectivity index (χ0) is 17.1. The van der Waals surface area contributed by atoms with E-state index in [1.54, 1.807) is 30.6 Å². The molecule has 0 fully saturated rings. The molecule has 1 aliphatic rings. The molecule has 0 saturated carbocycles. The van der Waals surface area contributed by atoms with E-state index in [1.807, 2.05) is 6.07 Å². The fourth-order valence-electron chi connectivity index (χ4n) is 2.31. The largest absolute Gasteiger partial charge is 0.364 e. The van der Waals surface area contributed by atoms with Crippen LogP contribution in [0.2, 0.25) is 0 Å². The first kappa shape index (κ1) is 15.3. The molecule has 8 heteroatoms. The second kappa shape index (κ2) is 6.29. The number of allylic oxidation sites excluding steroid dienone is 5. The van der Waals surface area contributed by atoms with Gasteiger partial charge in [0.1, 0.15) is 5.69 Å². The van der Waals surface area contributed by atoms with Gasteiger partial charge < -0.3 is 5.73 Å². The Morgan fingerprint density at radius 2 is 2.17 bits per heavy atom. The average molecular weight is 323 g/mol. The maximum atomic E-state index is 11.7. The first-order valence-corrected chi connectivity index (χ1v) is 7.09. The first-order chi connectivity index (χ1) is 11.6. The summed E-state index contributed by atoms with van der Waals surface area (Å²) in [5.74, 6) is -0.640. The van der Waals surface area contributed by atoms with Crippen LogP contribution in [0.5, 0.6) is 0 Å². The number of hydrogen-bond donors (Lipinski definition) is 1. The molecule has 0 aromatic carbocycles. The van der Waals surface area contributed by atoms with E-state index in [9.17, 15) is 14.9 Å². The van der Waals surface area contributed by atoms with E-state index in [2.05, 4.69) is 10.1 Å². The summed E-state index contributed by atoms with van der Waals surface area (Å²) in [5, 5.41) is 15.3. The molecule has 0 radical (unpaired) electrons. The molecule has 0 unspecified atom stereocenters. The first-order valence-electron chi connectivity index (χ1n) is 7.09. The van der Waals surface area contributed by atoms with Crippen molar-refractivity contribution in [1.29, 1.82) is 0 Å². The Labute approximate surface area is 136 Å². The standard InChI is InChI=1S/C16H13N5O3/c17-16(22)15-9-14(11-3-2-8-18-10-11)19-20(15)12-4-1-5-13(7-6-12)21(23)24/h2-10H,1H2,(H2,17,22). The van der Waals surface area contributed by atoms with Crippen LogP contribution in [-0.4, -0.2) is 25.6 Å². The summed E-state index contributed by atoms with van der Waals surface area (Å²) < 4.78 is 1.39. The monoisotopic (exact) mass is 323 g/mol. The number of aromatic nitrogens is 3.